The first-order valence-electron chi connectivity index (χ1n) is 8.52. The van der Waals surface area contributed by atoms with E-state index in [2.05, 4.69) is 10.6 Å². The Kier molecular flexibility index (Phi) is 6.62. The van der Waals surface area contributed by atoms with Crippen molar-refractivity contribution in [1.82, 2.24) is 10.6 Å². The highest BCUT2D eigenvalue weighted by molar-refractivity contribution is 5.97. The molecular formula is C17H26N2O4. The molecule has 1 fully saturated rings. The molecule has 0 saturated heterocycles. The second kappa shape index (κ2) is 8.70. The number of ether oxygens (including phenoxy) is 1. The largest absolute Gasteiger partial charge is 0.453 e. The van der Waals surface area contributed by atoms with Crippen molar-refractivity contribution in [2.24, 2.45) is 5.92 Å². The molecule has 2 N–H and O–H groups in total. The second-order valence-electron chi connectivity index (χ2n) is 6.40. The molecular weight excluding hydrogens is 296 g/mol. The van der Waals surface area contributed by atoms with E-state index in [4.69, 9.17) is 4.74 Å². The first-order chi connectivity index (χ1) is 11.0. The number of hydrogen-bond donors (Lipinski definition) is 2. The molecule has 2 aliphatic carbocycles. The number of nitrogens with one attached hydrogen (secondary N) is 2. The molecule has 2 aliphatic rings. The number of amides is 3. The summed E-state index contributed by atoms with van der Waals surface area (Å²) in [6, 6.07) is -0.382. The Hall–Kier alpha value is -1.85. The third-order valence-electron chi connectivity index (χ3n) is 4.40. The molecule has 0 unspecified atom stereocenters. The summed E-state index contributed by atoms with van der Waals surface area (Å²) in [6.45, 7) is 1.48. The summed E-state index contributed by atoms with van der Waals surface area (Å²) in [5.74, 6) is -0.794. The SMILES string of the molecule is C[C@@H](OC(=O)C[C@@H]1C=CCC1)C(=O)NC(=O)NC1CCCCC1. The molecule has 0 spiro atoms. The third kappa shape index (κ3) is 6.04. The molecule has 128 valence electrons. The van der Waals surface area contributed by atoms with Gasteiger partial charge in [0.2, 0.25) is 0 Å². The van der Waals surface area contributed by atoms with Crippen LogP contribution < -0.4 is 10.6 Å². The molecule has 0 aromatic carbocycles. The van der Waals surface area contributed by atoms with Crippen LogP contribution in [0.3, 0.4) is 0 Å². The number of esters is 1. The van der Waals surface area contributed by atoms with Crippen LogP contribution in [0, 0.1) is 5.92 Å². The highest BCUT2D eigenvalue weighted by Crippen LogP contribution is 2.21. The van der Waals surface area contributed by atoms with Gasteiger partial charge in [0.15, 0.2) is 6.10 Å². The summed E-state index contributed by atoms with van der Waals surface area (Å²) in [7, 11) is 0. The Labute approximate surface area is 137 Å². The van der Waals surface area contributed by atoms with Gasteiger partial charge >= 0.3 is 12.0 Å². The van der Waals surface area contributed by atoms with Crippen LogP contribution >= 0.6 is 0 Å². The van der Waals surface area contributed by atoms with E-state index >= 15 is 0 Å². The topological polar surface area (TPSA) is 84.5 Å². The van der Waals surface area contributed by atoms with Crippen molar-refractivity contribution in [3.8, 4) is 0 Å². The van der Waals surface area contributed by atoms with Crippen molar-refractivity contribution in [3.05, 3.63) is 12.2 Å². The molecule has 0 bridgehead atoms. The minimum absolute atomic E-state index is 0.128. The van der Waals surface area contributed by atoms with E-state index in [0.29, 0.717) is 0 Å². The van der Waals surface area contributed by atoms with E-state index < -0.39 is 24.0 Å². The second-order valence-corrected chi connectivity index (χ2v) is 6.40. The van der Waals surface area contributed by atoms with E-state index in [0.717, 1.165) is 38.5 Å². The fourth-order valence-electron chi connectivity index (χ4n) is 3.06. The Morgan fingerprint density at radius 1 is 1.17 bits per heavy atom. The zero-order chi connectivity index (χ0) is 16.7. The van der Waals surface area contributed by atoms with Crippen molar-refractivity contribution in [3.63, 3.8) is 0 Å². The quantitative estimate of drug-likeness (QED) is 0.601. The molecule has 0 radical (unpaired) electrons. The first kappa shape index (κ1) is 17.5. The normalized spacial score (nSPS) is 22.4. The van der Waals surface area contributed by atoms with E-state index in [1.54, 1.807) is 0 Å². The molecule has 0 aliphatic heterocycles. The Morgan fingerprint density at radius 2 is 1.91 bits per heavy atom. The predicted molar refractivity (Wildman–Crippen MR) is 85.6 cm³/mol. The summed E-state index contributed by atoms with van der Waals surface area (Å²) >= 11 is 0. The Morgan fingerprint density at radius 3 is 2.57 bits per heavy atom. The Balaban J connectivity index is 1.67. The molecule has 23 heavy (non-hydrogen) atoms. The maximum absolute atomic E-state index is 11.9. The zero-order valence-corrected chi connectivity index (χ0v) is 13.7. The summed E-state index contributed by atoms with van der Waals surface area (Å²) in [4.78, 5) is 35.5. The van der Waals surface area contributed by atoms with Gasteiger partial charge in [-0.3, -0.25) is 14.9 Å². The number of imide groups is 1. The number of rotatable bonds is 5. The summed E-state index contributed by atoms with van der Waals surface area (Å²) in [5.41, 5.74) is 0. The fourth-order valence-corrected chi connectivity index (χ4v) is 3.06. The average Bonchev–Trinajstić information content (AvgIpc) is 3.00. The highest BCUT2D eigenvalue weighted by Gasteiger charge is 2.23. The van der Waals surface area contributed by atoms with Gasteiger partial charge in [-0.2, -0.15) is 0 Å². The van der Waals surface area contributed by atoms with Crippen LogP contribution in [0.4, 0.5) is 4.79 Å². The molecule has 0 aromatic rings. The lowest BCUT2D eigenvalue weighted by Crippen LogP contribution is -2.48. The van der Waals surface area contributed by atoms with E-state index in [1.165, 1.54) is 13.3 Å². The minimum atomic E-state index is -0.968. The monoisotopic (exact) mass is 322 g/mol. The summed E-state index contributed by atoms with van der Waals surface area (Å²) in [5, 5.41) is 5.04. The molecule has 0 aromatic heterocycles. The lowest BCUT2D eigenvalue weighted by atomic mass is 9.96. The number of urea groups is 1. The third-order valence-corrected chi connectivity index (χ3v) is 4.40. The van der Waals surface area contributed by atoms with Gasteiger partial charge < -0.3 is 10.1 Å². The van der Waals surface area contributed by atoms with Crippen molar-refractivity contribution in [1.29, 1.82) is 0 Å². The minimum Gasteiger partial charge on any atom is -0.453 e. The highest BCUT2D eigenvalue weighted by atomic mass is 16.5. The predicted octanol–water partition coefficient (Wildman–Crippen LogP) is 2.43. The number of carbonyl (C=O) groups is 3. The smallest absolute Gasteiger partial charge is 0.321 e. The van der Waals surface area contributed by atoms with Gasteiger partial charge in [-0.25, -0.2) is 4.79 Å². The van der Waals surface area contributed by atoms with Gasteiger partial charge in [0.05, 0.1) is 6.42 Å². The van der Waals surface area contributed by atoms with Crippen LogP contribution in [-0.4, -0.2) is 30.1 Å². The van der Waals surface area contributed by atoms with E-state index in [-0.39, 0.29) is 18.4 Å². The number of hydrogen-bond acceptors (Lipinski definition) is 4. The van der Waals surface area contributed by atoms with E-state index in [9.17, 15) is 14.4 Å². The summed E-state index contributed by atoms with van der Waals surface area (Å²) < 4.78 is 5.10. The zero-order valence-electron chi connectivity index (χ0n) is 13.7. The molecule has 2 rings (SSSR count). The van der Waals surface area contributed by atoms with Crippen molar-refractivity contribution < 1.29 is 19.1 Å². The van der Waals surface area contributed by atoms with Crippen molar-refractivity contribution >= 4 is 17.9 Å². The standard InChI is InChI=1S/C17H26N2O4/c1-12(23-15(20)11-13-7-5-6-8-13)16(21)19-17(22)18-14-9-3-2-4-10-14/h5,7,12-14H,2-4,6,8-11H2,1H3,(H2,18,19,21,22)/t12-,13-/m1/s1. The van der Waals surface area contributed by atoms with Gasteiger partial charge in [-0.15, -0.1) is 0 Å². The van der Waals surface area contributed by atoms with Crippen molar-refractivity contribution in [2.45, 2.75) is 70.4 Å². The van der Waals surface area contributed by atoms with Gasteiger partial charge in [0.25, 0.3) is 5.91 Å². The van der Waals surface area contributed by atoms with Crippen LogP contribution in [0.2, 0.25) is 0 Å². The average molecular weight is 322 g/mol. The van der Waals surface area contributed by atoms with Crippen LogP contribution in [0.1, 0.15) is 58.3 Å². The first-order valence-corrected chi connectivity index (χ1v) is 8.52. The molecule has 0 heterocycles. The molecule has 1 saturated carbocycles. The van der Waals surface area contributed by atoms with Gasteiger partial charge in [0, 0.05) is 6.04 Å². The molecule has 2 atom stereocenters. The maximum Gasteiger partial charge on any atom is 0.321 e. The lowest BCUT2D eigenvalue weighted by molar-refractivity contribution is -0.155. The van der Waals surface area contributed by atoms with E-state index in [1.807, 2.05) is 12.2 Å². The van der Waals surface area contributed by atoms with Crippen LogP contribution in [0.5, 0.6) is 0 Å². The number of carbonyl (C=O) groups excluding carboxylic acids is 3. The molecule has 3 amide bonds. The number of allylic oxidation sites excluding steroid dienone is 2. The molecule has 6 heteroatoms. The lowest BCUT2D eigenvalue weighted by Gasteiger charge is -2.23. The molecule has 6 nitrogen and oxygen atoms in total. The van der Waals surface area contributed by atoms with Gasteiger partial charge in [0.1, 0.15) is 0 Å². The van der Waals surface area contributed by atoms with Gasteiger partial charge in [-0.05, 0) is 38.5 Å². The maximum atomic E-state index is 11.9. The van der Waals surface area contributed by atoms with Gasteiger partial charge in [-0.1, -0.05) is 31.4 Å². The Bertz CT molecular complexity index is 469. The van der Waals surface area contributed by atoms with Crippen LogP contribution in [0.15, 0.2) is 12.2 Å². The van der Waals surface area contributed by atoms with Crippen molar-refractivity contribution in [2.75, 3.05) is 0 Å². The van der Waals surface area contributed by atoms with Crippen LogP contribution in [-0.2, 0) is 14.3 Å². The van der Waals surface area contributed by atoms with Crippen LogP contribution in [0.25, 0.3) is 0 Å². The summed E-state index contributed by atoms with van der Waals surface area (Å²) in [6.07, 6.45) is 10.6. The fraction of sp³-hybridized carbons (Fsp3) is 0.706.